The molecule has 0 aromatic heterocycles. The van der Waals surface area contributed by atoms with E-state index in [1.807, 2.05) is 24.3 Å². The number of sulfone groups is 1. The Morgan fingerprint density at radius 3 is 2.62 bits per heavy atom. The van der Waals surface area contributed by atoms with E-state index in [-0.39, 0.29) is 35.1 Å². The van der Waals surface area contributed by atoms with Crippen molar-refractivity contribution >= 4 is 32.7 Å². The highest BCUT2D eigenvalue weighted by atomic mass is 32.2. The van der Waals surface area contributed by atoms with Crippen molar-refractivity contribution in [2.24, 2.45) is 16.8 Å². The summed E-state index contributed by atoms with van der Waals surface area (Å²) in [7, 11) is -1.39. The fraction of sp³-hybridized carbons (Fsp3) is 0.619. The van der Waals surface area contributed by atoms with Gasteiger partial charge in [-0.05, 0) is 48.8 Å². The monoisotopic (exact) mass is 434 g/mol. The van der Waals surface area contributed by atoms with Crippen LogP contribution in [-0.2, 0) is 21.1 Å². The van der Waals surface area contributed by atoms with Crippen molar-refractivity contribution in [2.75, 3.05) is 18.6 Å². The lowest BCUT2D eigenvalue weighted by atomic mass is 9.93. The fourth-order valence-corrected chi connectivity index (χ4v) is 9.59. The molecule has 4 fully saturated rings. The van der Waals surface area contributed by atoms with Crippen LogP contribution >= 0.6 is 11.8 Å². The number of nitrogens with zero attached hydrogens (tertiary/aromatic N) is 2. The molecular weight excluding hydrogens is 408 g/mol. The van der Waals surface area contributed by atoms with Gasteiger partial charge in [-0.3, -0.25) is 4.79 Å². The van der Waals surface area contributed by atoms with Gasteiger partial charge in [-0.2, -0.15) is 4.99 Å². The zero-order valence-electron chi connectivity index (χ0n) is 16.5. The Morgan fingerprint density at radius 2 is 1.97 bits per heavy atom. The van der Waals surface area contributed by atoms with E-state index < -0.39 is 9.84 Å². The molecule has 5 rings (SSSR count). The summed E-state index contributed by atoms with van der Waals surface area (Å²) in [4.78, 5) is 19.5. The van der Waals surface area contributed by atoms with E-state index in [1.165, 1.54) is 31.0 Å². The molecule has 0 unspecified atom stereocenters. The van der Waals surface area contributed by atoms with Gasteiger partial charge in [0, 0.05) is 11.3 Å². The van der Waals surface area contributed by atoms with Crippen molar-refractivity contribution in [1.82, 2.24) is 4.90 Å². The van der Waals surface area contributed by atoms with Gasteiger partial charge in [-0.1, -0.05) is 30.3 Å². The summed E-state index contributed by atoms with van der Waals surface area (Å²) in [6.07, 6.45) is 5.10. The van der Waals surface area contributed by atoms with Crippen LogP contribution in [0.15, 0.2) is 29.3 Å². The molecule has 29 heavy (non-hydrogen) atoms. The third-order valence-electron chi connectivity index (χ3n) is 6.90. The molecule has 6 nitrogen and oxygen atoms in total. The van der Waals surface area contributed by atoms with E-state index in [4.69, 9.17) is 4.74 Å². The molecule has 2 aliphatic carbocycles. The van der Waals surface area contributed by atoms with Crippen molar-refractivity contribution in [3.05, 3.63) is 29.8 Å². The number of amides is 1. The first-order valence-electron chi connectivity index (χ1n) is 10.3. The first-order chi connectivity index (χ1) is 13.9. The lowest BCUT2D eigenvalue weighted by molar-refractivity contribution is -0.117. The molecule has 0 spiro atoms. The molecule has 2 aliphatic heterocycles. The molecule has 5 atom stereocenters. The zero-order chi connectivity index (χ0) is 20.2. The average molecular weight is 435 g/mol. The summed E-state index contributed by atoms with van der Waals surface area (Å²) in [6, 6.07) is 7.77. The molecule has 2 saturated carbocycles. The fourth-order valence-electron chi connectivity index (χ4n) is 5.59. The second kappa shape index (κ2) is 7.30. The minimum Gasteiger partial charge on any atom is -0.497 e. The van der Waals surface area contributed by atoms with E-state index >= 15 is 0 Å². The Labute approximate surface area is 176 Å². The van der Waals surface area contributed by atoms with Crippen LogP contribution in [0.1, 0.15) is 31.2 Å². The van der Waals surface area contributed by atoms with Crippen LogP contribution in [0.25, 0.3) is 0 Å². The summed E-state index contributed by atoms with van der Waals surface area (Å²) in [5, 5.41) is 0.762. The quantitative estimate of drug-likeness (QED) is 0.725. The van der Waals surface area contributed by atoms with Crippen molar-refractivity contribution in [3.8, 4) is 5.75 Å². The van der Waals surface area contributed by atoms with Gasteiger partial charge in [0.2, 0.25) is 0 Å². The number of aliphatic imine (C=N–C) groups is 1. The Morgan fingerprint density at radius 1 is 1.17 bits per heavy atom. The molecule has 2 saturated heterocycles. The van der Waals surface area contributed by atoms with Crippen LogP contribution < -0.4 is 4.74 Å². The third kappa shape index (κ3) is 3.69. The Balaban J connectivity index is 1.37. The zero-order valence-corrected chi connectivity index (χ0v) is 18.1. The number of rotatable bonds is 4. The highest BCUT2D eigenvalue weighted by Crippen LogP contribution is 2.51. The van der Waals surface area contributed by atoms with Gasteiger partial charge < -0.3 is 9.64 Å². The molecule has 0 radical (unpaired) electrons. The molecule has 156 valence electrons. The number of hydrogen-bond acceptors (Lipinski definition) is 5. The first-order valence-corrected chi connectivity index (χ1v) is 13.0. The highest BCUT2D eigenvalue weighted by molar-refractivity contribution is 8.15. The third-order valence-corrected chi connectivity index (χ3v) is 10.1. The number of hydrogen-bond donors (Lipinski definition) is 0. The molecule has 0 N–H and O–H groups in total. The van der Waals surface area contributed by atoms with E-state index in [9.17, 15) is 13.2 Å². The van der Waals surface area contributed by atoms with Crippen LogP contribution in [0.5, 0.6) is 5.75 Å². The van der Waals surface area contributed by atoms with Gasteiger partial charge in [-0.25, -0.2) is 8.42 Å². The molecule has 1 aromatic carbocycles. The lowest BCUT2D eigenvalue weighted by Gasteiger charge is -2.36. The maximum atomic E-state index is 12.7. The predicted molar refractivity (Wildman–Crippen MR) is 114 cm³/mol. The number of fused-ring (bicyclic) bond motifs is 3. The molecular formula is C21H26N2O4S2. The number of carbonyl (C=O) groups is 1. The van der Waals surface area contributed by atoms with Gasteiger partial charge >= 0.3 is 0 Å². The smallest absolute Gasteiger partial charge is 0.252 e. The van der Waals surface area contributed by atoms with Crippen LogP contribution in [0.3, 0.4) is 0 Å². The molecule has 2 bridgehead atoms. The van der Waals surface area contributed by atoms with Gasteiger partial charge in [0.05, 0.1) is 31.1 Å². The number of benzene rings is 1. The molecule has 2 heterocycles. The van der Waals surface area contributed by atoms with Crippen molar-refractivity contribution < 1.29 is 17.9 Å². The van der Waals surface area contributed by atoms with Gasteiger partial charge in [0.1, 0.15) is 5.75 Å². The SMILES string of the molecule is COc1ccc(CC(=O)N=C2S[C@H]3CS(=O)(=O)C[C@H]3N2[C@@H]2C[C@@H]3CC[C@@H]2C3)cc1. The predicted octanol–water partition coefficient (Wildman–Crippen LogP) is 2.52. The second-order valence-electron chi connectivity index (χ2n) is 8.76. The number of amidine groups is 1. The highest BCUT2D eigenvalue weighted by Gasteiger charge is 2.54. The first kappa shape index (κ1) is 19.4. The van der Waals surface area contributed by atoms with E-state index in [0.717, 1.165) is 28.8 Å². The maximum absolute atomic E-state index is 12.7. The minimum atomic E-state index is -3.00. The van der Waals surface area contributed by atoms with Crippen LogP contribution in [0.2, 0.25) is 0 Å². The van der Waals surface area contributed by atoms with Crippen molar-refractivity contribution in [2.45, 2.75) is 49.4 Å². The van der Waals surface area contributed by atoms with Crippen molar-refractivity contribution in [1.29, 1.82) is 0 Å². The Kier molecular flexibility index (Phi) is 4.89. The summed E-state index contributed by atoms with van der Waals surface area (Å²) in [5.74, 6) is 2.35. The Bertz CT molecular complexity index is 944. The summed E-state index contributed by atoms with van der Waals surface area (Å²) >= 11 is 1.51. The molecule has 4 aliphatic rings. The average Bonchev–Trinajstić information content (AvgIpc) is 3.42. The number of ether oxygens (including phenoxy) is 1. The van der Waals surface area contributed by atoms with E-state index in [1.54, 1.807) is 7.11 Å². The van der Waals surface area contributed by atoms with Crippen LogP contribution in [-0.4, -0.2) is 60.3 Å². The molecule has 1 aromatic rings. The van der Waals surface area contributed by atoms with Crippen LogP contribution in [0.4, 0.5) is 0 Å². The number of methoxy groups -OCH3 is 1. The van der Waals surface area contributed by atoms with E-state index in [0.29, 0.717) is 12.0 Å². The number of thioether (sulfide) groups is 1. The molecule has 1 amide bonds. The minimum absolute atomic E-state index is 0.00617. The molecule has 8 heteroatoms. The summed E-state index contributed by atoms with van der Waals surface area (Å²) < 4.78 is 29.6. The number of carbonyl (C=O) groups excluding carboxylic acids is 1. The van der Waals surface area contributed by atoms with Crippen LogP contribution in [0, 0.1) is 11.8 Å². The largest absolute Gasteiger partial charge is 0.497 e. The maximum Gasteiger partial charge on any atom is 0.252 e. The van der Waals surface area contributed by atoms with Gasteiger partial charge in [0.15, 0.2) is 15.0 Å². The van der Waals surface area contributed by atoms with Crippen molar-refractivity contribution in [3.63, 3.8) is 0 Å². The topological polar surface area (TPSA) is 76.0 Å². The lowest BCUT2D eigenvalue weighted by Crippen LogP contribution is -2.47. The van der Waals surface area contributed by atoms with Gasteiger partial charge in [-0.15, -0.1) is 0 Å². The summed E-state index contributed by atoms with van der Waals surface area (Å²) in [5.41, 5.74) is 0.900. The van der Waals surface area contributed by atoms with Gasteiger partial charge in [0.25, 0.3) is 5.91 Å². The Hall–Kier alpha value is -1.54. The second-order valence-corrected chi connectivity index (χ2v) is 12.1. The summed E-state index contributed by atoms with van der Waals surface area (Å²) in [6.45, 7) is 0. The normalized spacial score (nSPS) is 36.0. The standard InChI is InChI=1S/C21H26N2O4S2/c1-27-16-6-3-13(4-7-16)10-20(24)22-21-23(17-9-14-2-5-15(17)8-14)18-11-29(25,26)12-19(18)28-21/h3-4,6-7,14-15,17-19H,2,5,8-12H2,1H3/t14-,15-,17-,18-,19+/m1/s1. The van der Waals surface area contributed by atoms with E-state index in [2.05, 4.69) is 9.89 Å².